The van der Waals surface area contributed by atoms with E-state index in [1.54, 1.807) is 11.8 Å². The molecular formula is C9H14F3NOS. The van der Waals surface area contributed by atoms with Gasteiger partial charge in [-0.25, -0.2) is 0 Å². The first-order valence-electron chi connectivity index (χ1n) is 4.84. The van der Waals surface area contributed by atoms with Gasteiger partial charge in [-0.1, -0.05) is 0 Å². The van der Waals surface area contributed by atoms with Crippen LogP contribution in [0.25, 0.3) is 0 Å². The van der Waals surface area contributed by atoms with E-state index in [4.69, 9.17) is 0 Å². The Kier molecular flexibility index (Phi) is 4.31. The number of halogens is 3. The van der Waals surface area contributed by atoms with Gasteiger partial charge < -0.3 is 4.90 Å². The molecule has 1 atom stereocenters. The average molecular weight is 241 g/mol. The molecule has 1 amide bonds. The van der Waals surface area contributed by atoms with E-state index in [1.165, 1.54) is 0 Å². The molecule has 0 spiro atoms. The van der Waals surface area contributed by atoms with Crippen molar-refractivity contribution in [3.63, 3.8) is 0 Å². The van der Waals surface area contributed by atoms with Gasteiger partial charge in [-0.3, -0.25) is 4.79 Å². The van der Waals surface area contributed by atoms with Crippen LogP contribution in [0.15, 0.2) is 0 Å². The maximum absolute atomic E-state index is 12.1. The second-order valence-electron chi connectivity index (χ2n) is 3.58. The van der Waals surface area contributed by atoms with E-state index in [9.17, 15) is 18.0 Å². The first kappa shape index (κ1) is 12.7. The van der Waals surface area contributed by atoms with E-state index >= 15 is 0 Å². The molecule has 0 radical (unpaired) electrons. The number of alkyl halides is 3. The highest BCUT2D eigenvalue weighted by atomic mass is 32.2. The average Bonchev–Trinajstić information content (AvgIpc) is 2.39. The zero-order chi connectivity index (χ0) is 11.5. The quantitative estimate of drug-likeness (QED) is 0.702. The first-order chi connectivity index (χ1) is 6.95. The molecule has 0 aromatic heterocycles. The van der Waals surface area contributed by atoms with Crippen molar-refractivity contribution in [2.45, 2.75) is 30.7 Å². The number of nitrogens with zero attached hydrogens (tertiary/aromatic N) is 1. The third kappa shape index (κ3) is 3.59. The van der Waals surface area contributed by atoms with Crippen LogP contribution in [0.5, 0.6) is 0 Å². The van der Waals surface area contributed by atoms with Crippen LogP contribution in [0.1, 0.15) is 19.3 Å². The van der Waals surface area contributed by atoms with Gasteiger partial charge in [-0.2, -0.15) is 24.9 Å². The van der Waals surface area contributed by atoms with Crippen molar-refractivity contribution < 1.29 is 18.0 Å². The summed E-state index contributed by atoms with van der Waals surface area (Å²) in [6, 6.07) is 0. The highest BCUT2D eigenvalue weighted by molar-refractivity contribution is 7.99. The smallest absolute Gasteiger partial charge is 0.335 e. The lowest BCUT2D eigenvalue weighted by molar-refractivity contribution is -0.185. The Morgan fingerprint density at radius 2 is 2.00 bits per heavy atom. The SMILES string of the molecule is CSC1CCCN(C(=O)C(F)(F)F)CC1. The fourth-order valence-corrected chi connectivity index (χ4v) is 2.43. The van der Waals surface area contributed by atoms with E-state index in [0.29, 0.717) is 18.1 Å². The second kappa shape index (κ2) is 5.09. The van der Waals surface area contributed by atoms with Crippen molar-refractivity contribution in [3.05, 3.63) is 0 Å². The van der Waals surface area contributed by atoms with Gasteiger partial charge in [-0.15, -0.1) is 0 Å². The summed E-state index contributed by atoms with van der Waals surface area (Å²) in [4.78, 5) is 11.9. The minimum atomic E-state index is -4.72. The van der Waals surface area contributed by atoms with Crippen LogP contribution < -0.4 is 0 Å². The fraction of sp³-hybridized carbons (Fsp3) is 0.889. The Bertz CT molecular complexity index is 232. The van der Waals surface area contributed by atoms with Crippen LogP contribution in [-0.2, 0) is 4.79 Å². The molecule has 0 N–H and O–H groups in total. The van der Waals surface area contributed by atoms with E-state index in [-0.39, 0.29) is 13.1 Å². The lowest BCUT2D eigenvalue weighted by Crippen LogP contribution is -2.41. The minimum absolute atomic E-state index is 0.226. The topological polar surface area (TPSA) is 20.3 Å². The highest BCUT2D eigenvalue weighted by Gasteiger charge is 2.42. The van der Waals surface area contributed by atoms with Gasteiger partial charge in [0.15, 0.2) is 0 Å². The molecule has 0 saturated carbocycles. The summed E-state index contributed by atoms with van der Waals surface area (Å²) in [6.07, 6.45) is -0.565. The van der Waals surface area contributed by atoms with E-state index < -0.39 is 12.1 Å². The molecule has 0 bridgehead atoms. The number of hydrogen-bond acceptors (Lipinski definition) is 2. The first-order valence-corrected chi connectivity index (χ1v) is 6.13. The summed E-state index contributed by atoms with van der Waals surface area (Å²) in [7, 11) is 0. The molecule has 0 aliphatic carbocycles. The molecule has 1 saturated heterocycles. The third-order valence-corrected chi connectivity index (χ3v) is 3.68. The number of amides is 1. The Balaban J connectivity index is 2.54. The number of carbonyl (C=O) groups excluding carboxylic acids is 1. The summed E-state index contributed by atoms with van der Waals surface area (Å²) in [5, 5.41) is 0.385. The maximum atomic E-state index is 12.1. The molecule has 1 fully saturated rings. The number of carbonyl (C=O) groups is 1. The van der Waals surface area contributed by atoms with Crippen LogP contribution in [0, 0.1) is 0 Å². The Morgan fingerprint density at radius 3 is 2.53 bits per heavy atom. The van der Waals surface area contributed by atoms with Crippen LogP contribution in [0.3, 0.4) is 0 Å². The van der Waals surface area contributed by atoms with Crippen LogP contribution in [-0.4, -0.2) is 41.6 Å². The van der Waals surface area contributed by atoms with Crippen molar-refractivity contribution in [1.29, 1.82) is 0 Å². The van der Waals surface area contributed by atoms with Crippen molar-refractivity contribution >= 4 is 17.7 Å². The van der Waals surface area contributed by atoms with Gasteiger partial charge in [0.05, 0.1) is 0 Å². The molecule has 15 heavy (non-hydrogen) atoms. The van der Waals surface area contributed by atoms with E-state index in [2.05, 4.69) is 0 Å². The van der Waals surface area contributed by atoms with Gasteiger partial charge >= 0.3 is 12.1 Å². The number of thioether (sulfide) groups is 1. The largest absolute Gasteiger partial charge is 0.471 e. The molecule has 1 rings (SSSR count). The van der Waals surface area contributed by atoms with Crippen molar-refractivity contribution in [1.82, 2.24) is 4.90 Å². The van der Waals surface area contributed by atoms with Gasteiger partial charge in [0.25, 0.3) is 0 Å². The standard InChI is InChI=1S/C9H14F3NOS/c1-15-7-3-2-5-13(6-4-7)8(14)9(10,11)12/h7H,2-6H2,1H3. The molecule has 1 aliphatic heterocycles. The van der Waals surface area contributed by atoms with Crippen LogP contribution >= 0.6 is 11.8 Å². The molecular weight excluding hydrogens is 227 g/mol. The highest BCUT2D eigenvalue weighted by Crippen LogP contribution is 2.24. The Labute approximate surface area is 91.2 Å². The maximum Gasteiger partial charge on any atom is 0.471 e. The third-order valence-electron chi connectivity index (χ3n) is 2.54. The number of rotatable bonds is 1. The molecule has 0 aromatic carbocycles. The molecule has 88 valence electrons. The van der Waals surface area contributed by atoms with E-state index in [1.807, 2.05) is 6.26 Å². The molecule has 1 heterocycles. The monoisotopic (exact) mass is 241 g/mol. The molecule has 6 heteroatoms. The minimum Gasteiger partial charge on any atom is -0.335 e. The Morgan fingerprint density at radius 1 is 1.33 bits per heavy atom. The number of likely N-dealkylation sites (tertiary alicyclic amines) is 1. The normalized spacial score (nSPS) is 23.7. The Hall–Kier alpha value is -0.390. The molecule has 2 nitrogen and oxygen atoms in total. The predicted octanol–water partition coefficient (Wildman–Crippen LogP) is 2.29. The van der Waals surface area contributed by atoms with Gasteiger partial charge in [-0.05, 0) is 25.5 Å². The lowest BCUT2D eigenvalue weighted by Gasteiger charge is -2.21. The fourth-order valence-electron chi connectivity index (χ4n) is 1.68. The van der Waals surface area contributed by atoms with Crippen molar-refractivity contribution in [2.75, 3.05) is 19.3 Å². The van der Waals surface area contributed by atoms with Crippen LogP contribution in [0.2, 0.25) is 0 Å². The summed E-state index contributed by atoms with van der Waals surface area (Å²) in [5.74, 6) is -1.69. The van der Waals surface area contributed by atoms with Crippen molar-refractivity contribution in [2.24, 2.45) is 0 Å². The summed E-state index contributed by atoms with van der Waals surface area (Å²) < 4.78 is 36.4. The van der Waals surface area contributed by atoms with Gasteiger partial charge in [0.2, 0.25) is 0 Å². The second-order valence-corrected chi connectivity index (χ2v) is 4.72. The molecule has 1 unspecified atom stereocenters. The van der Waals surface area contributed by atoms with Gasteiger partial charge in [0.1, 0.15) is 0 Å². The summed E-state index contributed by atoms with van der Waals surface area (Å²) in [5.41, 5.74) is 0. The summed E-state index contributed by atoms with van der Waals surface area (Å²) >= 11 is 1.66. The zero-order valence-corrected chi connectivity index (χ0v) is 9.33. The van der Waals surface area contributed by atoms with Crippen molar-refractivity contribution in [3.8, 4) is 0 Å². The molecule has 1 aliphatic rings. The van der Waals surface area contributed by atoms with Crippen LogP contribution in [0.4, 0.5) is 13.2 Å². The summed E-state index contributed by atoms with van der Waals surface area (Å²) in [6.45, 7) is 0.458. The van der Waals surface area contributed by atoms with E-state index in [0.717, 1.165) is 11.3 Å². The molecule has 0 aromatic rings. The number of hydrogen-bond donors (Lipinski definition) is 0. The zero-order valence-electron chi connectivity index (χ0n) is 8.51. The van der Waals surface area contributed by atoms with Gasteiger partial charge in [0, 0.05) is 18.3 Å². The lowest BCUT2D eigenvalue weighted by atomic mass is 10.2. The predicted molar refractivity (Wildman–Crippen MR) is 53.8 cm³/mol.